The summed E-state index contributed by atoms with van der Waals surface area (Å²) in [7, 11) is 0. The lowest BCUT2D eigenvalue weighted by atomic mass is 10.2. The Bertz CT molecular complexity index is 171. The minimum absolute atomic E-state index is 0.00875. The fraction of sp³-hybridized carbons (Fsp3) is 0.833. The lowest BCUT2D eigenvalue weighted by Crippen LogP contribution is -2.22. The zero-order valence-electron chi connectivity index (χ0n) is 6.86. The molecule has 0 heterocycles. The molecule has 0 bridgehead atoms. The Kier molecular flexibility index (Phi) is 4.75. The molecular weight excluding hydrogens is 164 g/mol. The number of nitro groups is 1. The van der Waals surface area contributed by atoms with Crippen molar-refractivity contribution < 1.29 is 14.5 Å². The monoisotopic (exact) mass is 176 g/mol. The molecule has 1 amide bonds. The number of rotatable bonds is 5. The fourth-order valence-electron chi connectivity index (χ4n) is 0.754. The van der Waals surface area contributed by atoms with Crippen molar-refractivity contribution in [1.29, 1.82) is 0 Å². The highest BCUT2D eigenvalue weighted by molar-refractivity contribution is 5.64. The summed E-state index contributed by atoms with van der Waals surface area (Å²) in [5.74, 6) is 0. The molecule has 0 aliphatic rings. The van der Waals surface area contributed by atoms with Crippen LogP contribution in [0.5, 0.6) is 0 Å². The molecule has 0 saturated carbocycles. The topological polar surface area (TPSA) is 95.5 Å². The Morgan fingerprint density at radius 3 is 2.67 bits per heavy atom. The van der Waals surface area contributed by atoms with Gasteiger partial charge in [-0.3, -0.25) is 10.1 Å². The number of primary amides is 1. The lowest BCUT2D eigenvalue weighted by molar-refractivity contribution is -0.524. The van der Waals surface area contributed by atoms with Gasteiger partial charge in [-0.1, -0.05) is 6.92 Å². The maximum absolute atomic E-state index is 10.2. The van der Waals surface area contributed by atoms with Gasteiger partial charge in [-0.25, -0.2) is 4.79 Å². The van der Waals surface area contributed by atoms with E-state index in [4.69, 9.17) is 0 Å². The van der Waals surface area contributed by atoms with Crippen LogP contribution in [0.1, 0.15) is 19.8 Å². The molecule has 1 atom stereocenters. The van der Waals surface area contributed by atoms with Crippen LogP contribution in [-0.2, 0) is 4.74 Å². The first-order valence-electron chi connectivity index (χ1n) is 3.63. The van der Waals surface area contributed by atoms with Crippen LogP contribution in [0.3, 0.4) is 0 Å². The summed E-state index contributed by atoms with van der Waals surface area (Å²) in [6.45, 7) is 1.71. The van der Waals surface area contributed by atoms with Crippen LogP contribution in [0, 0.1) is 10.1 Å². The number of carbonyl (C=O) groups excluding carboxylic acids is 1. The maximum atomic E-state index is 10.2. The van der Waals surface area contributed by atoms with E-state index in [2.05, 4.69) is 10.5 Å². The molecule has 12 heavy (non-hydrogen) atoms. The maximum Gasteiger partial charge on any atom is 0.404 e. The van der Waals surface area contributed by atoms with E-state index in [1.165, 1.54) is 0 Å². The van der Waals surface area contributed by atoms with Crippen molar-refractivity contribution in [2.45, 2.75) is 25.8 Å². The van der Waals surface area contributed by atoms with Gasteiger partial charge in [0, 0.05) is 17.8 Å². The van der Waals surface area contributed by atoms with Crippen LogP contribution < -0.4 is 5.73 Å². The molecule has 0 aromatic carbocycles. The molecule has 6 heteroatoms. The summed E-state index contributed by atoms with van der Waals surface area (Å²) in [6, 6.07) is -0.649. The summed E-state index contributed by atoms with van der Waals surface area (Å²) in [5.41, 5.74) is 4.67. The van der Waals surface area contributed by atoms with Crippen molar-refractivity contribution in [3.8, 4) is 0 Å². The third-order valence-corrected chi connectivity index (χ3v) is 1.46. The summed E-state index contributed by atoms with van der Waals surface area (Å²) >= 11 is 0. The zero-order chi connectivity index (χ0) is 9.56. The number of hydrogen-bond acceptors (Lipinski definition) is 4. The van der Waals surface area contributed by atoms with E-state index in [1.807, 2.05) is 0 Å². The predicted octanol–water partition coefficient (Wildman–Crippen LogP) is 0.527. The molecule has 0 saturated heterocycles. The Hall–Kier alpha value is -1.33. The molecule has 0 aromatic rings. The summed E-state index contributed by atoms with van der Waals surface area (Å²) < 4.78 is 4.36. The van der Waals surface area contributed by atoms with E-state index in [-0.39, 0.29) is 18.0 Å². The Labute approximate surface area is 69.8 Å². The van der Waals surface area contributed by atoms with Crippen molar-refractivity contribution >= 4 is 6.09 Å². The molecule has 6 nitrogen and oxygen atoms in total. The van der Waals surface area contributed by atoms with Gasteiger partial charge in [0.2, 0.25) is 6.04 Å². The number of amides is 1. The van der Waals surface area contributed by atoms with Crippen LogP contribution in [-0.4, -0.2) is 23.7 Å². The molecule has 0 aliphatic carbocycles. The minimum Gasteiger partial charge on any atom is -0.449 e. The third kappa shape index (κ3) is 4.48. The second kappa shape index (κ2) is 5.34. The molecule has 70 valence electrons. The zero-order valence-corrected chi connectivity index (χ0v) is 6.86. The van der Waals surface area contributed by atoms with Crippen molar-refractivity contribution in [3.05, 3.63) is 10.1 Å². The first-order chi connectivity index (χ1) is 5.57. The van der Waals surface area contributed by atoms with Crippen molar-refractivity contribution in [1.82, 2.24) is 0 Å². The largest absolute Gasteiger partial charge is 0.449 e. The molecular formula is C6H12N2O4. The van der Waals surface area contributed by atoms with Gasteiger partial charge in [0.15, 0.2) is 0 Å². The van der Waals surface area contributed by atoms with Gasteiger partial charge >= 0.3 is 6.09 Å². The van der Waals surface area contributed by atoms with Gasteiger partial charge in [-0.15, -0.1) is 0 Å². The van der Waals surface area contributed by atoms with Crippen LogP contribution in [0.15, 0.2) is 0 Å². The summed E-state index contributed by atoms with van der Waals surface area (Å²) in [6.07, 6.45) is -0.255. The molecule has 0 fully saturated rings. The first-order valence-corrected chi connectivity index (χ1v) is 3.63. The van der Waals surface area contributed by atoms with Gasteiger partial charge in [0.25, 0.3) is 0 Å². The van der Waals surface area contributed by atoms with E-state index >= 15 is 0 Å². The first kappa shape index (κ1) is 10.7. The normalized spacial score (nSPS) is 12.1. The van der Waals surface area contributed by atoms with Crippen molar-refractivity contribution in [3.63, 3.8) is 0 Å². The highest BCUT2D eigenvalue weighted by Crippen LogP contribution is 2.01. The van der Waals surface area contributed by atoms with E-state index in [1.54, 1.807) is 6.92 Å². The van der Waals surface area contributed by atoms with Crippen LogP contribution in [0.2, 0.25) is 0 Å². The van der Waals surface area contributed by atoms with E-state index in [9.17, 15) is 14.9 Å². The van der Waals surface area contributed by atoms with Gasteiger partial charge in [0.05, 0.1) is 6.61 Å². The molecule has 0 aromatic heterocycles. The SMILES string of the molecule is CCC(CCOC(N)=O)[N+](=O)[O-]. The second-order valence-electron chi connectivity index (χ2n) is 2.30. The highest BCUT2D eigenvalue weighted by atomic mass is 16.6. The summed E-state index contributed by atoms with van der Waals surface area (Å²) in [4.78, 5) is 19.9. The molecule has 0 spiro atoms. The van der Waals surface area contributed by atoms with Crippen LogP contribution in [0.25, 0.3) is 0 Å². The number of nitrogens with zero attached hydrogens (tertiary/aromatic N) is 1. The predicted molar refractivity (Wildman–Crippen MR) is 41.2 cm³/mol. The lowest BCUT2D eigenvalue weighted by Gasteiger charge is -2.05. The molecule has 2 N–H and O–H groups in total. The average molecular weight is 176 g/mol. The molecule has 0 aliphatic heterocycles. The molecule has 0 rings (SSSR count). The number of carbonyl (C=O) groups is 1. The van der Waals surface area contributed by atoms with Gasteiger partial charge in [-0.2, -0.15) is 0 Å². The van der Waals surface area contributed by atoms with E-state index in [0.29, 0.717) is 6.42 Å². The smallest absolute Gasteiger partial charge is 0.404 e. The fourth-order valence-corrected chi connectivity index (χ4v) is 0.754. The van der Waals surface area contributed by atoms with Crippen molar-refractivity contribution in [2.24, 2.45) is 5.73 Å². The average Bonchev–Trinajstić information content (AvgIpc) is 1.96. The standard InChI is InChI=1S/C6H12N2O4/c1-2-5(8(10)11)3-4-12-6(7)9/h5H,2-4H2,1H3,(H2,7,9). The molecule has 1 unspecified atom stereocenters. The Balaban J connectivity index is 3.59. The third-order valence-electron chi connectivity index (χ3n) is 1.46. The highest BCUT2D eigenvalue weighted by Gasteiger charge is 2.16. The number of nitrogens with two attached hydrogens (primary N) is 1. The van der Waals surface area contributed by atoms with E-state index < -0.39 is 12.1 Å². The van der Waals surface area contributed by atoms with Gasteiger partial charge in [-0.05, 0) is 0 Å². The van der Waals surface area contributed by atoms with Crippen LogP contribution in [0.4, 0.5) is 4.79 Å². The Morgan fingerprint density at radius 1 is 1.75 bits per heavy atom. The summed E-state index contributed by atoms with van der Waals surface area (Å²) in [5, 5.41) is 10.2. The number of hydrogen-bond donors (Lipinski definition) is 1. The second-order valence-corrected chi connectivity index (χ2v) is 2.30. The van der Waals surface area contributed by atoms with Crippen LogP contribution >= 0.6 is 0 Å². The Morgan fingerprint density at radius 2 is 2.33 bits per heavy atom. The van der Waals surface area contributed by atoms with Crippen molar-refractivity contribution in [2.75, 3.05) is 6.61 Å². The van der Waals surface area contributed by atoms with E-state index in [0.717, 1.165) is 0 Å². The number of ether oxygens (including phenoxy) is 1. The molecule has 0 radical (unpaired) electrons. The van der Waals surface area contributed by atoms with Gasteiger partial charge < -0.3 is 10.5 Å². The van der Waals surface area contributed by atoms with Gasteiger partial charge in [0.1, 0.15) is 0 Å². The minimum atomic E-state index is -0.895. The quantitative estimate of drug-likeness (QED) is 0.488.